The zero-order chi connectivity index (χ0) is 19.9. The number of rotatable bonds is 5. The van der Waals surface area contributed by atoms with Crippen molar-refractivity contribution < 1.29 is 9.53 Å². The molecule has 0 spiro atoms. The third kappa shape index (κ3) is 6.67. The lowest BCUT2D eigenvalue weighted by Crippen LogP contribution is -2.57. The van der Waals surface area contributed by atoms with E-state index in [9.17, 15) is 4.79 Å². The van der Waals surface area contributed by atoms with Gasteiger partial charge in [0.25, 0.3) is 5.91 Å². The average molecular weight is 522 g/mol. The zero-order valence-electron chi connectivity index (χ0n) is 18.3. The summed E-state index contributed by atoms with van der Waals surface area (Å²) in [5, 5.41) is 3.55. The van der Waals surface area contributed by atoms with Gasteiger partial charge in [0.05, 0.1) is 0 Å². The molecule has 8 nitrogen and oxygen atoms in total. The van der Waals surface area contributed by atoms with Crippen LogP contribution >= 0.6 is 24.0 Å². The molecule has 0 bridgehead atoms. The van der Waals surface area contributed by atoms with Crippen molar-refractivity contribution in [2.75, 3.05) is 79.1 Å². The maximum atomic E-state index is 12.5. The molecule has 3 heterocycles. The lowest BCUT2D eigenvalue weighted by Gasteiger charge is -2.39. The molecule has 0 aliphatic carbocycles. The normalized spacial score (nSPS) is 25.6. The predicted octanol–water partition coefficient (Wildman–Crippen LogP) is 0.529. The molecule has 3 aliphatic rings. The molecule has 3 fully saturated rings. The monoisotopic (exact) mass is 522 g/mol. The first-order valence-corrected chi connectivity index (χ1v) is 10.9. The second-order valence-electron chi connectivity index (χ2n) is 8.06. The van der Waals surface area contributed by atoms with Crippen LogP contribution in [0.15, 0.2) is 4.99 Å². The van der Waals surface area contributed by atoms with E-state index in [2.05, 4.69) is 38.9 Å². The largest absolute Gasteiger partial charge is 0.368 e. The van der Waals surface area contributed by atoms with E-state index >= 15 is 0 Å². The fourth-order valence-corrected chi connectivity index (χ4v) is 4.34. The molecule has 3 aliphatic heterocycles. The summed E-state index contributed by atoms with van der Waals surface area (Å²) in [5.41, 5.74) is 0. The Morgan fingerprint density at radius 2 is 1.76 bits per heavy atom. The number of nitrogens with one attached hydrogen (secondary N) is 1. The first-order chi connectivity index (χ1) is 13.6. The first-order valence-electron chi connectivity index (χ1n) is 10.9. The summed E-state index contributed by atoms with van der Waals surface area (Å²) in [7, 11) is 1.84. The lowest BCUT2D eigenvalue weighted by atomic mass is 10.2. The highest BCUT2D eigenvalue weighted by Gasteiger charge is 2.31. The molecule has 0 saturated carbocycles. The Hall–Kier alpha value is -0.650. The number of hydrogen-bond acceptors (Lipinski definition) is 5. The number of carbonyl (C=O) groups excluding carboxylic acids is 1. The first kappa shape index (κ1) is 24.6. The highest BCUT2D eigenvalue weighted by molar-refractivity contribution is 14.0. The molecule has 0 radical (unpaired) electrons. The predicted molar refractivity (Wildman–Crippen MR) is 127 cm³/mol. The summed E-state index contributed by atoms with van der Waals surface area (Å²) in [5.74, 6) is 1.11. The van der Waals surface area contributed by atoms with Crippen LogP contribution in [0.1, 0.15) is 26.7 Å². The van der Waals surface area contributed by atoms with Crippen molar-refractivity contribution in [3.05, 3.63) is 0 Å². The van der Waals surface area contributed by atoms with Crippen LogP contribution in [0.4, 0.5) is 0 Å². The van der Waals surface area contributed by atoms with Crippen LogP contribution in [-0.2, 0) is 9.53 Å². The number of aliphatic imine (C=N–C) groups is 1. The second kappa shape index (κ2) is 12.3. The van der Waals surface area contributed by atoms with Crippen molar-refractivity contribution in [3.8, 4) is 0 Å². The molecule has 1 amide bonds. The van der Waals surface area contributed by atoms with Crippen molar-refractivity contribution in [2.24, 2.45) is 4.99 Å². The summed E-state index contributed by atoms with van der Waals surface area (Å²) in [4.78, 5) is 26.3. The molecule has 1 N–H and O–H groups in total. The Balaban J connectivity index is 0.00000300. The van der Waals surface area contributed by atoms with Crippen molar-refractivity contribution in [1.29, 1.82) is 0 Å². The highest BCUT2D eigenvalue weighted by atomic mass is 127. The van der Waals surface area contributed by atoms with Crippen LogP contribution in [0, 0.1) is 0 Å². The number of ether oxygens (including phenoxy) is 1. The van der Waals surface area contributed by atoms with Gasteiger partial charge in [-0.1, -0.05) is 6.92 Å². The van der Waals surface area contributed by atoms with Gasteiger partial charge in [-0.3, -0.25) is 14.7 Å². The smallest absolute Gasteiger partial charge is 0.251 e. The van der Waals surface area contributed by atoms with E-state index in [-0.39, 0.29) is 36.0 Å². The lowest BCUT2D eigenvalue weighted by molar-refractivity contribution is -0.142. The van der Waals surface area contributed by atoms with Crippen molar-refractivity contribution in [1.82, 2.24) is 24.9 Å². The number of carbonyl (C=O) groups is 1. The maximum Gasteiger partial charge on any atom is 0.251 e. The molecular weight excluding hydrogens is 483 g/mol. The quantitative estimate of drug-likeness (QED) is 0.323. The summed E-state index contributed by atoms with van der Waals surface area (Å²) in [6.45, 7) is 15.0. The van der Waals surface area contributed by atoms with Gasteiger partial charge in [0, 0.05) is 78.6 Å². The van der Waals surface area contributed by atoms with Gasteiger partial charge in [-0.2, -0.15) is 0 Å². The molecule has 0 aromatic heterocycles. The molecule has 9 heteroatoms. The van der Waals surface area contributed by atoms with Crippen molar-refractivity contribution in [3.63, 3.8) is 0 Å². The van der Waals surface area contributed by atoms with E-state index < -0.39 is 0 Å². The fraction of sp³-hybridized carbons (Fsp3) is 0.900. The van der Waals surface area contributed by atoms with E-state index in [0.29, 0.717) is 6.04 Å². The van der Waals surface area contributed by atoms with Crippen molar-refractivity contribution >= 4 is 35.8 Å². The number of amides is 1. The third-order valence-electron chi connectivity index (χ3n) is 6.34. The number of halogens is 1. The van der Waals surface area contributed by atoms with E-state index in [1.807, 2.05) is 11.9 Å². The number of piperazine rings is 2. The van der Waals surface area contributed by atoms with E-state index in [1.165, 1.54) is 0 Å². The van der Waals surface area contributed by atoms with Gasteiger partial charge in [-0.05, 0) is 26.3 Å². The Kier molecular flexibility index (Phi) is 10.4. The van der Waals surface area contributed by atoms with E-state index in [0.717, 1.165) is 90.9 Å². The van der Waals surface area contributed by atoms with Crippen LogP contribution in [0.3, 0.4) is 0 Å². The molecule has 2 atom stereocenters. The van der Waals surface area contributed by atoms with Crippen LogP contribution in [0.25, 0.3) is 0 Å². The summed E-state index contributed by atoms with van der Waals surface area (Å²) in [6, 6.07) is 0.484. The molecular formula is C20H39IN6O2. The maximum absolute atomic E-state index is 12.5. The third-order valence-corrected chi connectivity index (χ3v) is 6.34. The summed E-state index contributed by atoms with van der Waals surface area (Å²) in [6.07, 6.45) is 1.66. The van der Waals surface area contributed by atoms with E-state index in [1.54, 1.807) is 0 Å². The van der Waals surface area contributed by atoms with Crippen LogP contribution in [0.5, 0.6) is 0 Å². The molecule has 3 rings (SSSR count). The Labute approximate surface area is 193 Å². The van der Waals surface area contributed by atoms with Crippen LogP contribution in [0.2, 0.25) is 0 Å². The van der Waals surface area contributed by atoms with Gasteiger partial charge in [-0.15, -0.1) is 24.0 Å². The van der Waals surface area contributed by atoms with Gasteiger partial charge in [0.1, 0.15) is 6.10 Å². The van der Waals surface area contributed by atoms with Gasteiger partial charge >= 0.3 is 0 Å². The minimum atomic E-state index is -0.210. The van der Waals surface area contributed by atoms with Gasteiger partial charge in [-0.25, -0.2) is 0 Å². The number of hydrogen-bond donors (Lipinski definition) is 1. The number of guanidine groups is 1. The van der Waals surface area contributed by atoms with Gasteiger partial charge in [0.2, 0.25) is 0 Å². The van der Waals surface area contributed by atoms with Gasteiger partial charge < -0.3 is 24.8 Å². The SMILES string of the molecule is CCN1CCN(C(C)CNC(=NC)N2CCN(C(=O)C3CCCO3)CC2)CC1.I. The summed E-state index contributed by atoms with van der Waals surface area (Å²) >= 11 is 0. The zero-order valence-corrected chi connectivity index (χ0v) is 20.6. The van der Waals surface area contributed by atoms with Crippen LogP contribution < -0.4 is 5.32 Å². The van der Waals surface area contributed by atoms with E-state index in [4.69, 9.17) is 4.74 Å². The van der Waals surface area contributed by atoms with Crippen LogP contribution in [-0.4, -0.2) is 123 Å². The minimum Gasteiger partial charge on any atom is -0.368 e. The fourth-order valence-electron chi connectivity index (χ4n) is 4.34. The molecule has 0 aromatic carbocycles. The summed E-state index contributed by atoms with van der Waals surface area (Å²) < 4.78 is 5.55. The molecule has 3 saturated heterocycles. The van der Waals surface area contributed by atoms with Gasteiger partial charge in [0.15, 0.2) is 5.96 Å². The Bertz CT molecular complexity index is 527. The molecule has 0 aromatic rings. The Morgan fingerprint density at radius 3 is 2.31 bits per heavy atom. The molecule has 2 unspecified atom stereocenters. The number of likely N-dealkylation sites (N-methyl/N-ethyl adjacent to an activating group) is 1. The minimum absolute atomic E-state index is 0. The molecule has 29 heavy (non-hydrogen) atoms. The highest BCUT2D eigenvalue weighted by Crippen LogP contribution is 2.16. The Morgan fingerprint density at radius 1 is 1.10 bits per heavy atom. The van der Waals surface area contributed by atoms with Crippen molar-refractivity contribution in [2.45, 2.75) is 38.8 Å². The molecule has 168 valence electrons. The number of nitrogens with zero attached hydrogens (tertiary/aromatic N) is 5. The average Bonchev–Trinajstić information content (AvgIpc) is 3.29. The standard InChI is InChI=1S/C20H38N6O2.HI/c1-4-23-7-9-24(10-8-23)17(2)16-22-20(21-3)26-13-11-25(12-14-26)19(27)18-6-5-15-28-18;/h17-18H,4-16H2,1-3H3,(H,21,22);1H. The topological polar surface area (TPSA) is 63.7 Å². The second-order valence-corrected chi connectivity index (χ2v) is 8.06.